The number of rotatable bonds is 3. The van der Waals surface area contributed by atoms with Crippen molar-refractivity contribution in [3.63, 3.8) is 0 Å². The van der Waals surface area contributed by atoms with E-state index in [0.29, 0.717) is 18.4 Å². The molecule has 17 heavy (non-hydrogen) atoms. The number of carbonyl (C=O) groups excluding carboxylic acids is 1. The van der Waals surface area contributed by atoms with Crippen molar-refractivity contribution < 1.29 is 4.79 Å². The van der Waals surface area contributed by atoms with E-state index in [9.17, 15) is 4.79 Å². The second-order valence-corrected chi connectivity index (χ2v) is 6.20. The van der Waals surface area contributed by atoms with Crippen LogP contribution in [-0.2, 0) is 4.79 Å². The van der Waals surface area contributed by atoms with Crippen LogP contribution < -0.4 is 10.6 Å². The number of hydrogen-bond acceptors (Lipinski definition) is 2. The molecule has 2 unspecified atom stereocenters. The maximum Gasteiger partial charge on any atom is 0.220 e. The zero-order valence-electron chi connectivity index (χ0n) is 11.5. The summed E-state index contributed by atoms with van der Waals surface area (Å²) in [6, 6.07) is 0.294. The van der Waals surface area contributed by atoms with E-state index in [1.54, 1.807) is 0 Å². The van der Waals surface area contributed by atoms with Crippen molar-refractivity contribution in [3.8, 4) is 0 Å². The molecule has 1 amide bonds. The Morgan fingerprint density at radius 3 is 2.59 bits per heavy atom. The monoisotopic (exact) mass is 262 g/mol. The van der Waals surface area contributed by atoms with Gasteiger partial charge in [0.1, 0.15) is 0 Å². The zero-order valence-corrected chi connectivity index (χ0v) is 12.3. The van der Waals surface area contributed by atoms with E-state index in [1.807, 2.05) is 0 Å². The molecule has 0 aromatic heterocycles. The Bertz CT molecular complexity index is 232. The van der Waals surface area contributed by atoms with Gasteiger partial charge in [-0.1, -0.05) is 20.8 Å². The molecule has 0 saturated carbocycles. The Labute approximate surface area is 112 Å². The number of hydrogen-bond donors (Lipinski definition) is 2. The van der Waals surface area contributed by atoms with E-state index in [-0.39, 0.29) is 23.7 Å². The highest BCUT2D eigenvalue weighted by atomic mass is 35.5. The van der Waals surface area contributed by atoms with Gasteiger partial charge < -0.3 is 10.6 Å². The lowest BCUT2D eigenvalue weighted by Crippen LogP contribution is -2.45. The molecule has 0 radical (unpaired) electrons. The van der Waals surface area contributed by atoms with Gasteiger partial charge in [0.25, 0.3) is 0 Å². The van der Waals surface area contributed by atoms with Crippen LogP contribution in [0.1, 0.15) is 47.0 Å². The van der Waals surface area contributed by atoms with Gasteiger partial charge in [-0.15, -0.1) is 12.4 Å². The molecule has 3 nitrogen and oxygen atoms in total. The normalized spacial score (nSPS) is 22.5. The molecule has 0 bridgehead atoms. The van der Waals surface area contributed by atoms with Crippen molar-refractivity contribution in [2.75, 3.05) is 13.1 Å². The van der Waals surface area contributed by atoms with E-state index < -0.39 is 0 Å². The van der Waals surface area contributed by atoms with Crippen LogP contribution in [0.25, 0.3) is 0 Å². The van der Waals surface area contributed by atoms with E-state index in [0.717, 1.165) is 13.1 Å². The fraction of sp³-hybridized carbons (Fsp3) is 0.923. The van der Waals surface area contributed by atoms with Gasteiger partial charge in [-0.2, -0.15) is 0 Å². The molecular weight excluding hydrogens is 236 g/mol. The number of halogens is 1. The Kier molecular flexibility index (Phi) is 7.10. The molecule has 102 valence electrons. The lowest BCUT2D eigenvalue weighted by atomic mass is 9.90. The molecule has 1 aliphatic rings. The molecule has 1 heterocycles. The molecule has 2 atom stereocenters. The Morgan fingerprint density at radius 1 is 1.47 bits per heavy atom. The first-order valence-corrected chi connectivity index (χ1v) is 6.38. The van der Waals surface area contributed by atoms with Gasteiger partial charge in [0.05, 0.1) is 0 Å². The van der Waals surface area contributed by atoms with Gasteiger partial charge in [-0.05, 0) is 44.2 Å². The molecule has 2 N–H and O–H groups in total. The lowest BCUT2D eigenvalue weighted by Gasteiger charge is -2.29. The van der Waals surface area contributed by atoms with Crippen molar-refractivity contribution in [3.05, 3.63) is 0 Å². The predicted octanol–water partition coefficient (Wildman–Crippen LogP) is 2.35. The van der Waals surface area contributed by atoms with Crippen molar-refractivity contribution >= 4 is 18.3 Å². The SMILES string of the molecule is CC(NC(=O)CC(C)(C)C)C1CCCNC1.Cl. The molecular formula is C13H27ClN2O. The van der Waals surface area contributed by atoms with Gasteiger partial charge in [0, 0.05) is 12.5 Å². The number of carbonyl (C=O) groups is 1. The van der Waals surface area contributed by atoms with Crippen LogP contribution in [0.4, 0.5) is 0 Å². The van der Waals surface area contributed by atoms with Crippen LogP contribution in [0.2, 0.25) is 0 Å². The van der Waals surface area contributed by atoms with Crippen LogP contribution in [-0.4, -0.2) is 25.0 Å². The molecule has 0 aliphatic carbocycles. The highest BCUT2D eigenvalue weighted by Gasteiger charge is 2.23. The predicted molar refractivity (Wildman–Crippen MR) is 74.5 cm³/mol. The average molecular weight is 263 g/mol. The summed E-state index contributed by atoms with van der Waals surface area (Å²) in [7, 11) is 0. The van der Waals surface area contributed by atoms with Crippen LogP contribution in [0, 0.1) is 11.3 Å². The number of nitrogens with one attached hydrogen (secondary N) is 2. The van der Waals surface area contributed by atoms with Crippen molar-refractivity contribution in [2.24, 2.45) is 11.3 Å². The van der Waals surface area contributed by atoms with E-state index in [4.69, 9.17) is 0 Å². The molecule has 1 aliphatic heterocycles. The molecule has 1 rings (SSSR count). The van der Waals surface area contributed by atoms with E-state index in [2.05, 4.69) is 38.3 Å². The number of amides is 1. The molecule has 4 heteroatoms. The van der Waals surface area contributed by atoms with Gasteiger partial charge in [-0.3, -0.25) is 4.79 Å². The maximum absolute atomic E-state index is 11.8. The zero-order chi connectivity index (χ0) is 12.2. The number of piperidine rings is 1. The standard InChI is InChI=1S/C13H26N2O.ClH/c1-10(11-6-5-7-14-9-11)15-12(16)8-13(2,3)4;/h10-11,14H,5-9H2,1-4H3,(H,15,16);1H. The summed E-state index contributed by atoms with van der Waals surface area (Å²) in [5.74, 6) is 0.781. The Balaban J connectivity index is 0.00000256. The van der Waals surface area contributed by atoms with Crippen LogP contribution in [0.15, 0.2) is 0 Å². The largest absolute Gasteiger partial charge is 0.353 e. The van der Waals surface area contributed by atoms with Gasteiger partial charge in [0.2, 0.25) is 5.91 Å². The second-order valence-electron chi connectivity index (χ2n) is 6.20. The quantitative estimate of drug-likeness (QED) is 0.820. The molecule has 1 saturated heterocycles. The summed E-state index contributed by atoms with van der Waals surface area (Å²) in [6.45, 7) is 10.6. The fourth-order valence-electron chi connectivity index (χ4n) is 2.21. The van der Waals surface area contributed by atoms with E-state index >= 15 is 0 Å². The minimum absolute atomic E-state index is 0. The summed E-state index contributed by atoms with van der Waals surface area (Å²) in [5, 5.41) is 6.51. The Hall–Kier alpha value is -0.280. The minimum Gasteiger partial charge on any atom is -0.353 e. The first-order chi connectivity index (χ1) is 7.38. The topological polar surface area (TPSA) is 41.1 Å². The van der Waals surface area contributed by atoms with Crippen LogP contribution >= 0.6 is 12.4 Å². The third-order valence-electron chi connectivity index (χ3n) is 3.12. The first kappa shape index (κ1) is 16.7. The van der Waals surface area contributed by atoms with Crippen LogP contribution in [0.5, 0.6) is 0 Å². The third kappa shape index (κ3) is 6.89. The molecule has 0 spiro atoms. The smallest absolute Gasteiger partial charge is 0.220 e. The van der Waals surface area contributed by atoms with Crippen LogP contribution in [0.3, 0.4) is 0 Å². The van der Waals surface area contributed by atoms with E-state index in [1.165, 1.54) is 12.8 Å². The maximum atomic E-state index is 11.8. The summed E-state index contributed by atoms with van der Waals surface area (Å²) in [4.78, 5) is 11.8. The minimum atomic E-state index is 0. The first-order valence-electron chi connectivity index (χ1n) is 6.38. The highest BCUT2D eigenvalue weighted by molar-refractivity contribution is 5.85. The van der Waals surface area contributed by atoms with Gasteiger partial charge in [-0.25, -0.2) is 0 Å². The summed E-state index contributed by atoms with van der Waals surface area (Å²) < 4.78 is 0. The van der Waals surface area contributed by atoms with Crippen molar-refractivity contribution in [1.82, 2.24) is 10.6 Å². The summed E-state index contributed by atoms with van der Waals surface area (Å²) in [6.07, 6.45) is 3.06. The van der Waals surface area contributed by atoms with Gasteiger partial charge in [0.15, 0.2) is 0 Å². The highest BCUT2D eigenvalue weighted by Crippen LogP contribution is 2.19. The molecule has 0 aromatic carbocycles. The summed E-state index contributed by atoms with van der Waals surface area (Å²) >= 11 is 0. The lowest BCUT2D eigenvalue weighted by molar-refractivity contribution is -0.123. The third-order valence-corrected chi connectivity index (χ3v) is 3.12. The van der Waals surface area contributed by atoms with Gasteiger partial charge >= 0.3 is 0 Å². The molecule has 1 fully saturated rings. The average Bonchev–Trinajstić information content (AvgIpc) is 2.16. The fourth-order valence-corrected chi connectivity index (χ4v) is 2.21. The summed E-state index contributed by atoms with van der Waals surface area (Å²) in [5.41, 5.74) is 0.0780. The van der Waals surface area contributed by atoms with Crippen molar-refractivity contribution in [1.29, 1.82) is 0 Å². The molecule has 0 aromatic rings. The Morgan fingerprint density at radius 2 is 2.12 bits per heavy atom. The van der Waals surface area contributed by atoms with Crippen molar-refractivity contribution in [2.45, 2.75) is 53.0 Å². The second kappa shape index (κ2) is 7.22.